The fraction of sp³-hybridized carbons (Fsp3) is 0.100. The zero-order valence-corrected chi connectivity index (χ0v) is 14.9. The third-order valence-electron chi connectivity index (χ3n) is 4.03. The first-order valence-corrected chi connectivity index (χ1v) is 9.15. The molecule has 0 aliphatic rings. The Labute approximate surface area is 153 Å². The van der Waals surface area contributed by atoms with Gasteiger partial charge in [-0.3, -0.25) is 9.36 Å². The molecule has 0 saturated carbocycles. The Morgan fingerprint density at radius 1 is 1.12 bits per heavy atom. The van der Waals surface area contributed by atoms with Gasteiger partial charge in [-0.15, -0.1) is 0 Å². The summed E-state index contributed by atoms with van der Waals surface area (Å²) < 4.78 is 15.0. The number of hydrogen-bond donors (Lipinski definition) is 1. The van der Waals surface area contributed by atoms with Gasteiger partial charge in [0.15, 0.2) is 5.16 Å². The number of thioether (sulfide) groups is 1. The minimum atomic E-state index is -0.270. The third kappa shape index (κ3) is 3.15. The van der Waals surface area contributed by atoms with Crippen molar-refractivity contribution in [1.82, 2.24) is 14.5 Å². The number of H-pyrrole nitrogens is 1. The van der Waals surface area contributed by atoms with Crippen molar-refractivity contribution in [1.29, 1.82) is 0 Å². The van der Waals surface area contributed by atoms with Gasteiger partial charge in [0.05, 0.1) is 11.2 Å². The lowest BCUT2D eigenvalue weighted by Gasteiger charge is -2.12. The molecule has 0 unspecified atom stereocenters. The molecule has 2 aromatic carbocycles. The molecule has 0 atom stereocenters. The minimum Gasteiger partial charge on any atom is -0.353 e. The second-order valence-electron chi connectivity index (χ2n) is 6.00. The molecule has 0 aliphatic carbocycles. The number of benzene rings is 2. The van der Waals surface area contributed by atoms with Crippen molar-refractivity contribution < 1.29 is 4.39 Å². The van der Waals surface area contributed by atoms with Gasteiger partial charge in [-0.05, 0) is 42.8 Å². The molecule has 0 aliphatic heterocycles. The van der Waals surface area contributed by atoms with Crippen molar-refractivity contribution in [2.45, 2.75) is 17.8 Å². The summed E-state index contributed by atoms with van der Waals surface area (Å²) in [4.78, 5) is 20.8. The van der Waals surface area contributed by atoms with Crippen LogP contribution in [-0.4, -0.2) is 14.5 Å². The van der Waals surface area contributed by atoms with Crippen molar-refractivity contribution in [3.8, 4) is 5.69 Å². The van der Waals surface area contributed by atoms with Gasteiger partial charge >= 0.3 is 0 Å². The zero-order valence-electron chi connectivity index (χ0n) is 14.1. The van der Waals surface area contributed by atoms with Gasteiger partial charge in [0.2, 0.25) is 0 Å². The van der Waals surface area contributed by atoms with Crippen molar-refractivity contribution >= 4 is 22.8 Å². The van der Waals surface area contributed by atoms with E-state index < -0.39 is 0 Å². The molecular formula is C20H16FN3OS. The Hall–Kier alpha value is -2.86. The van der Waals surface area contributed by atoms with Crippen molar-refractivity contribution in [3.63, 3.8) is 0 Å². The molecule has 0 bridgehead atoms. The lowest BCUT2D eigenvalue weighted by molar-refractivity contribution is 0.626. The lowest BCUT2D eigenvalue weighted by atomic mass is 10.2. The van der Waals surface area contributed by atoms with Gasteiger partial charge in [0.25, 0.3) is 5.56 Å². The molecule has 6 heteroatoms. The van der Waals surface area contributed by atoms with Gasteiger partial charge in [0.1, 0.15) is 11.3 Å². The predicted octanol–water partition coefficient (Wildman–Crippen LogP) is 4.45. The number of halogens is 1. The van der Waals surface area contributed by atoms with E-state index in [4.69, 9.17) is 0 Å². The average molecular weight is 365 g/mol. The third-order valence-corrected chi connectivity index (χ3v) is 5.04. The van der Waals surface area contributed by atoms with E-state index in [0.29, 0.717) is 21.9 Å². The first-order chi connectivity index (χ1) is 12.6. The van der Waals surface area contributed by atoms with Crippen LogP contribution in [0.3, 0.4) is 0 Å². The number of rotatable bonds is 4. The van der Waals surface area contributed by atoms with Crippen LogP contribution in [0.1, 0.15) is 11.3 Å². The van der Waals surface area contributed by atoms with Crippen LogP contribution in [0, 0.1) is 12.7 Å². The fourth-order valence-electron chi connectivity index (χ4n) is 2.85. The fourth-order valence-corrected chi connectivity index (χ4v) is 3.81. The van der Waals surface area contributed by atoms with Crippen LogP contribution in [0.5, 0.6) is 0 Å². The molecule has 26 heavy (non-hydrogen) atoms. The Balaban J connectivity index is 1.82. The minimum absolute atomic E-state index is 0.143. The molecule has 4 rings (SSSR count). The van der Waals surface area contributed by atoms with Crippen molar-refractivity contribution in [3.05, 3.63) is 88.1 Å². The van der Waals surface area contributed by atoms with Crippen LogP contribution in [0.2, 0.25) is 0 Å². The molecule has 0 amide bonds. The normalized spacial score (nSPS) is 11.2. The highest BCUT2D eigenvalue weighted by atomic mass is 32.2. The van der Waals surface area contributed by atoms with Gasteiger partial charge < -0.3 is 4.98 Å². The summed E-state index contributed by atoms with van der Waals surface area (Å²) >= 11 is 1.41. The molecular weight excluding hydrogens is 349 g/mol. The first-order valence-electron chi connectivity index (χ1n) is 8.17. The van der Waals surface area contributed by atoms with Crippen molar-refractivity contribution in [2.24, 2.45) is 0 Å². The van der Waals surface area contributed by atoms with Crippen LogP contribution in [-0.2, 0) is 5.75 Å². The molecule has 4 aromatic rings. The highest BCUT2D eigenvalue weighted by molar-refractivity contribution is 7.98. The summed E-state index contributed by atoms with van der Waals surface area (Å²) in [6.45, 7) is 1.90. The van der Waals surface area contributed by atoms with Crippen LogP contribution in [0.4, 0.5) is 4.39 Å². The van der Waals surface area contributed by atoms with Gasteiger partial charge in [-0.1, -0.05) is 42.1 Å². The van der Waals surface area contributed by atoms with E-state index >= 15 is 0 Å². The molecule has 0 radical (unpaired) electrons. The monoisotopic (exact) mass is 365 g/mol. The largest absolute Gasteiger partial charge is 0.353 e. The van der Waals surface area contributed by atoms with E-state index in [1.165, 1.54) is 23.9 Å². The molecule has 130 valence electrons. The Kier molecular flexibility index (Phi) is 4.34. The number of hydrogen-bond acceptors (Lipinski definition) is 3. The molecule has 0 spiro atoms. The average Bonchev–Trinajstić information content (AvgIpc) is 3.01. The van der Waals surface area contributed by atoms with E-state index in [9.17, 15) is 9.18 Å². The van der Waals surface area contributed by atoms with Crippen LogP contribution >= 0.6 is 11.8 Å². The number of aromatic nitrogens is 3. The zero-order chi connectivity index (χ0) is 18.1. The molecule has 2 heterocycles. The first kappa shape index (κ1) is 16.6. The highest BCUT2D eigenvalue weighted by Crippen LogP contribution is 2.25. The second-order valence-corrected chi connectivity index (χ2v) is 6.94. The Morgan fingerprint density at radius 2 is 1.92 bits per heavy atom. The van der Waals surface area contributed by atoms with Gasteiger partial charge in [-0.25, -0.2) is 9.37 Å². The molecule has 0 saturated heterocycles. The van der Waals surface area contributed by atoms with E-state index in [0.717, 1.165) is 16.9 Å². The number of nitrogens with zero attached hydrogens (tertiary/aromatic N) is 2. The maximum atomic E-state index is 13.4. The molecule has 2 aromatic heterocycles. The summed E-state index contributed by atoms with van der Waals surface area (Å²) in [5, 5.41) is 0.581. The predicted molar refractivity (Wildman–Crippen MR) is 102 cm³/mol. The summed E-state index contributed by atoms with van der Waals surface area (Å²) in [5.74, 6) is 0.250. The maximum Gasteiger partial charge on any atom is 0.283 e. The topological polar surface area (TPSA) is 50.7 Å². The number of aromatic amines is 1. The summed E-state index contributed by atoms with van der Waals surface area (Å²) in [7, 11) is 0. The van der Waals surface area contributed by atoms with Gasteiger partial charge in [-0.2, -0.15) is 0 Å². The summed E-state index contributed by atoms with van der Waals surface area (Å²) in [5.41, 5.74) is 3.46. The molecule has 0 fully saturated rings. The molecule has 1 N–H and O–H groups in total. The number of nitrogens with one attached hydrogen (secondary N) is 1. The van der Waals surface area contributed by atoms with Crippen LogP contribution in [0.25, 0.3) is 16.7 Å². The lowest BCUT2D eigenvalue weighted by Crippen LogP contribution is -2.21. The number of aryl methyl sites for hydroxylation is 1. The second kappa shape index (κ2) is 6.80. The van der Waals surface area contributed by atoms with Crippen LogP contribution in [0.15, 0.2) is 70.6 Å². The number of fused-ring (bicyclic) bond motifs is 1. The van der Waals surface area contributed by atoms with Crippen LogP contribution < -0.4 is 5.56 Å². The highest BCUT2D eigenvalue weighted by Gasteiger charge is 2.15. The van der Waals surface area contributed by atoms with E-state index in [2.05, 4.69) is 9.97 Å². The SMILES string of the molecule is Cc1cc2nc(SCc3cccc(F)c3)n(-c3ccccc3)c(=O)c2[nH]1. The van der Waals surface area contributed by atoms with E-state index in [-0.39, 0.29) is 11.4 Å². The quantitative estimate of drug-likeness (QED) is 0.429. The smallest absolute Gasteiger partial charge is 0.283 e. The maximum absolute atomic E-state index is 13.4. The molecule has 4 nitrogen and oxygen atoms in total. The summed E-state index contributed by atoms with van der Waals surface area (Å²) in [6.07, 6.45) is 0. The Morgan fingerprint density at radius 3 is 2.69 bits per heavy atom. The van der Waals surface area contributed by atoms with E-state index in [1.54, 1.807) is 10.6 Å². The van der Waals surface area contributed by atoms with Gasteiger partial charge in [0, 0.05) is 11.4 Å². The Bertz CT molecular complexity index is 1130. The summed E-state index contributed by atoms with van der Waals surface area (Å²) in [6, 6.07) is 17.7. The number of para-hydroxylation sites is 1. The standard InChI is InChI=1S/C20H16FN3OS/c1-13-10-17-18(22-13)19(25)24(16-8-3-2-4-9-16)20(23-17)26-12-14-6-5-7-15(21)11-14/h2-11,22H,12H2,1H3. The van der Waals surface area contributed by atoms with Crippen molar-refractivity contribution in [2.75, 3.05) is 0 Å². The van der Waals surface area contributed by atoms with E-state index in [1.807, 2.05) is 49.4 Å².